The molecule has 0 saturated heterocycles. The molecule has 0 aromatic carbocycles. The fourth-order valence-electron chi connectivity index (χ4n) is 0. The lowest BCUT2D eigenvalue weighted by molar-refractivity contribution is -0.516. The fourth-order valence-corrected chi connectivity index (χ4v) is 0. The number of hydrogen-bond acceptors (Lipinski definition) is 4. The summed E-state index contributed by atoms with van der Waals surface area (Å²) in [5, 5.41) is 22.0. The van der Waals surface area contributed by atoms with E-state index in [4.69, 9.17) is 15.3 Å². The zero-order chi connectivity index (χ0) is 5.21. The minimum Gasteiger partial charge on any atom is -0.317 e. The molecule has 0 aromatic rings. The van der Waals surface area contributed by atoms with Gasteiger partial charge in [-0.25, -0.2) is 0 Å². The minimum absolute atomic E-state index is 2.10. The molecule has 4 nitrogen and oxygen atoms in total. The molecule has 0 rings (SSSR count). The van der Waals surface area contributed by atoms with Crippen molar-refractivity contribution in [3.8, 4) is 0 Å². The van der Waals surface area contributed by atoms with Crippen molar-refractivity contribution in [2.24, 2.45) is 0 Å². The van der Waals surface area contributed by atoms with Gasteiger partial charge in [0.15, 0.2) is 0 Å². The van der Waals surface area contributed by atoms with E-state index in [1.165, 1.54) is 0 Å². The van der Waals surface area contributed by atoms with Crippen LogP contribution in [-0.4, -0.2) is 21.5 Å². The van der Waals surface area contributed by atoms with Crippen LogP contribution in [0.5, 0.6) is 0 Å². The van der Waals surface area contributed by atoms with Crippen LogP contribution in [0.15, 0.2) is 0 Å². The van der Waals surface area contributed by atoms with Crippen LogP contribution in [0.2, 0.25) is 0 Å². The number of halogens is 1. The maximum Gasteiger partial charge on any atom is 0.436 e. The summed E-state index contributed by atoms with van der Waals surface area (Å²) < 4.78 is 10.2. The van der Waals surface area contributed by atoms with Gasteiger partial charge in [0, 0.05) is 0 Å². The van der Waals surface area contributed by atoms with Gasteiger partial charge in [0.05, 0.1) is 0 Å². The summed E-state index contributed by atoms with van der Waals surface area (Å²) in [6.45, 7) is 0. The molecule has 0 aliphatic carbocycles. The molecule has 0 radical (unpaired) electrons. The third-order valence-electron chi connectivity index (χ3n) is 0.104. The Morgan fingerprint density at radius 3 is 1.50 bits per heavy atom. The van der Waals surface area contributed by atoms with Gasteiger partial charge in [-0.2, -0.15) is 0 Å². The molecule has 0 bridgehead atoms. The van der Waals surface area contributed by atoms with Crippen LogP contribution in [0.3, 0.4) is 0 Å². The molecule has 0 aromatic heterocycles. The first-order valence-corrected chi connectivity index (χ1v) is 1.03. The molecule has 0 spiro atoms. The zero-order valence-electron chi connectivity index (χ0n) is 2.63. The van der Waals surface area contributed by atoms with Crippen molar-refractivity contribution in [1.29, 1.82) is 0 Å². The molecule has 38 valence electrons. The number of aliphatic hydroxyl groups is 3. The number of hydrogen-bond donors (Lipinski definition) is 3. The molecular formula is CH3FO4. The van der Waals surface area contributed by atoms with Gasteiger partial charge in [0.1, 0.15) is 0 Å². The molecule has 0 aliphatic rings. The van der Waals surface area contributed by atoms with E-state index in [1.54, 1.807) is 0 Å². The molecule has 6 heavy (non-hydrogen) atoms. The highest BCUT2D eigenvalue weighted by Gasteiger charge is 2.18. The Kier molecular flexibility index (Phi) is 1.42. The summed E-state index contributed by atoms with van der Waals surface area (Å²) >= 11 is 0. The first-order chi connectivity index (χ1) is 2.56. The molecule has 0 atom stereocenters. The molecule has 3 N–H and O–H groups in total. The van der Waals surface area contributed by atoms with Crippen LogP contribution in [-0.2, 0) is 4.94 Å². The fraction of sp³-hybridized carbons (Fsp3) is 1.00. The van der Waals surface area contributed by atoms with Gasteiger partial charge in [-0.15, -0.1) is 4.94 Å². The van der Waals surface area contributed by atoms with Gasteiger partial charge >= 0.3 is 6.16 Å². The molecule has 0 amide bonds. The third kappa shape index (κ3) is 3.77. The summed E-state index contributed by atoms with van der Waals surface area (Å²) in [7, 11) is 0. The van der Waals surface area contributed by atoms with Gasteiger partial charge < -0.3 is 15.3 Å². The third-order valence-corrected chi connectivity index (χ3v) is 0.104. The zero-order valence-corrected chi connectivity index (χ0v) is 2.63. The molecule has 0 fully saturated rings. The second kappa shape index (κ2) is 1.48. The average molecular weight is 98.0 g/mol. The highest BCUT2D eigenvalue weighted by Crippen LogP contribution is 1.92. The maximum atomic E-state index is 10.2. The van der Waals surface area contributed by atoms with Crippen molar-refractivity contribution in [1.82, 2.24) is 0 Å². The highest BCUT2D eigenvalue weighted by atomic mass is 19.3. The topological polar surface area (TPSA) is 69.9 Å². The predicted molar refractivity (Wildman–Crippen MR) is 11.6 cm³/mol. The highest BCUT2D eigenvalue weighted by molar-refractivity contribution is 4.05. The van der Waals surface area contributed by atoms with Gasteiger partial charge in [0.25, 0.3) is 0 Å². The van der Waals surface area contributed by atoms with Crippen molar-refractivity contribution in [3.63, 3.8) is 0 Å². The minimum atomic E-state index is -3.62. The Morgan fingerprint density at radius 2 is 1.50 bits per heavy atom. The molecule has 5 heteroatoms. The number of rotatable bonds is 1. The summed E-state index contributed by atoms with van der Waals surface area (Å²) in [5.74, 6) is 0. The average Bonchev–Trinajstić information content (AvgIpc) is 1.35. The van der Waals surface area contributed by atoms with E-state index in [0.717, 1.165) is 0 Å². The van der Waals surface area contributed by atoms with E-state index >= 15 is 0 Å². The van der Waals surface area contributed by atoms with E-state index in [0.29, 0.717) is 0 Å². The van der Waals surface area contributed by atoms with Crippen LogP contribution < -0.4 is 0 Å². The van der Waals surface area contributed by atoms with Crippen LogP contribution in [0.4, 0.5) is 4.53 Å². The smallest absolute Gasteiger partial charge is 0.317 e. The van der Waals surface area contributed by atoms with Gasteiger partial charge in [0.2, 0.25) is 0 Å². The van der Waals surface area contributed by atoms with Crippen molar-refractivity contribution in [3.05, 3.63) is 0 Å². The van der Waals surface area contributed by atoms with Crippen molar-refractivity contribution in [2.75, 3.05) is 0 Å². The lowest BCUT2D eigenvalue weighted by Gasteiger charge is -2.02. The van der Waals surface area contributed by atoms with Crippen LogP contribution in [0.25, 0.3) is 0 Å². The normalized spacial score (nSPS) is 12.0. The van der Waals surface area contributed by atoms with Gasteiger partial charge in [-0.3, -0.25) is 0 Å². The summed E-state index contributed by atoms with van der Waals surface area (Å²) in [5.41, 5.74) is 0. The molecule has 0 aliphatic heterocycles. The Hall–Kier alpha value is -0.230. The van der Waals surface area contributed by atoms with E-state index in [9.17, 15) is 4.53 Å². The predicted octanol–water partition coefficient (Wildman–Crippen LogP) is -1.52. The van der Waals surface area contributed by atoms with E-state index in [-0.39, 0.29) is 0 Å². The van der Waals surface area contributed by atoms with E-state index in [1.807, 2.05) is 0 Å². The van der Waals surface area contributed by atoms with Crippen LogP contribution >= 0.6 is 0 Å². The van der Waals surface area contributed by atoms with Crippen LogP contribution in [0, 0.1) is 0 Å². The monoisotopic (exact) mass is 98.0 g/mol. The SMILES string of the molecule is OC(O)(O)OF. The first-order valence-electron chi connectivity index (χ1n) is 1.03. The van der Waals surface area contributed by atoms with Crippen LogP contribution in [0.1, 0.15) is 0 Å². The Labute approximate surface area is 32.3 Å². The molecular weight excluding hydrogens is 95.0 g/mol. The summed E-state index contributed by atoms with van der Waals surface area (Å²) in [6, 6.07) is 0. The quantitative estimate of drug-likeness (QED) is 0.348. The Morgan fingerprint density at radius 1 is 1.33 bits per heavy atom. The maximum absolute atomic E-state index is 10.2. The molecule has 0 unspecified atom stereocenters. The van der Waals surface area contributed by atoms with E-state index in [2.05, 4.69) is 4.94 Å². The second-order valence-corrected chi connectivity index (χ2v) is 0.651. The van der Waals surface area contributed by atoms with Gasteiger partial charge in [-0.05, 0) is 4.53 Å². The Balaban J connectivity index is 3.17. The summed E-state index contributed by atoms with van der Waals surface area (Å²) in [4.78, 5) is 2.10. The lowest BCUT2D eigenvalue weighted by Crippen LogP contribution is -2.27. The van der Waals surface area contributed by atoms with Crippen molar-refractivity contribution >= 4 is 0 Å². The second-order valence-electron chi connectivity index (χ2n) is 0.651. The first kappa shape index (κ1) is 5.77. The van der Waals surface area contributed by atoms with E-state index < -0.39 is 6.16 Å². The van der Waals surface area contributed by atoms with Crippen molar-refractivity contribution < 1.29 is 24.8 Å². The summed E-state index contributed by atoms with van der Waals surface area (Å²) in [6.07, 6.45) is -3.62. The van der Waals surface area contributed by atoms with Gasteiger partial charge in [-0.1, -0.05) is 0 Å². The molecule has 0 heterocycles. The Bertz CT molecular complexity index is 37.3. The van der Waals surface area contributed by atoms with Crippen molar-refractivity contribution in [2.45, 2.75) is 6.16 Å². The molecule has 0 saturated carbocycles. The standard InChI is InChI=1S/CH3FO4/c2-6-1(3,4)5/h3-5H. The lowest BCUT2D eigenvalue weighted by atomic mass is 11.2. The largest absolute Gasteiger partial charge is 0.436 e.